The Labute approximate surface area is 184 Å². The van der Waals surface area contributed by atoms with E-state index in [0.717, 1.165) is 18.4 Å². The summed E-state index contributed by atoms with van der Waals surface area (Å²) in [5.74, 6) is -0.828. The summed E-state index contributed by atoms with van der Waals surface area (Å²) in [6.45, 7) is 1.54. The molecule has 1 unspecified atom stereocenters. The molecule has 1 atom stereocenters. The van der Waals surface area contributed by atoms with E-state index in [1.807, 2.05) is 35.2 Å². The third-order valence-electron chi connectivity index (χ3n) is 5.56. The van der Waals surface area contributed by atoms with Crippen LogP contribution in [0.4, 0.5) is 4.39 Å². The quantitative estimate of drug-likeness (QED) is 0.601. The number of benzene rings is 2. The van der Waals surface area contributed by atoms with Gasteiger partial charge in [0, 0.05) is 42.3 Å². The highest BCUT2D eigenvalue weighted by molar-refractivity contribution is 7.21. The van der Waals surface area contributed by atoms with E-state index in [9.17, 15) is 14.0 Å². The Morgan fingerprint density at radius 2 is 1.87 bits per heavy atom. The Hall–Kier alpha value is -2.77. The van der Waals surface area contributed by atoms with Crippen molar-refractivity contribution in [1.82, 2.24) is 10.2 Å². The Balaban J connectivity index is 1.64. The number of nitrogens with zero attached hydrogens (tertiary/aromatic N) is 1. The molecule has 1 saturated heterocycles. The van der Waals surface area contributed by atoms with Crippen LogP contribution in [-0.4, -0.2) is 43.0 Å². The highest BCUT2D eigenvalue weighted by Crippen LogP contribution is 2.34. The molecule has 0 bridgehead atoms. The first-order valence-corrected chi connectivity index (χ1v) is 11.2. The zero-order valence-electron chi connectivity index (χ0n) is 17.4. The van der Waals surface area contributed by atoms with Crippen molar-refractivity contribution in [2.75, 3.05) is 20.2 Å². The SMILES string of the molecule is COCc1c(C(=O)NC(Cc2ccccc2)C(=O)N2CCCC2)sc2cccc(F)c12. The fourth-order valence-electron chi connectivity index (χ4n) is 4.06. The number of nitrogens with one attached hydrogen (secondary N) is 1. The summed E-state index contributed by atoms with van der Waals surface area (Å²) in [6, 6.07) is 13.8. The molecule has 1 aliphatic heterocycles. The topological polar surface area (TPSA) is 58.6 Å². The molecule has 3 aromatic rings. The fraction of sp³-hybridized carbons (Fsp3) is 0.333. The van der Waals surface area contributed by atoms with Gasteiger partial charge >= 0.3 is 0 Å². The van der Waals surface area contributed by atoms with Crippen molar-refractivity contribution in [1.29, 1.82) is 0 Å². The summed E-state index contributed by atoms with van der Waals surface area (Å²) in [5.41, 5.74) is 1.49. The van der Waals surface area contributed by atoms with Crippen LogP contribution in [0.1, 0.15) is 33.6 Å². The number of hydrogen-bond donors (Lipinski definition) is 1. The third kappa shape index (κ3) is 4.62. The van der Waals surface area contributed by atoms with E-state index >= 15 is 0 Å². The van der Waals surface area contributed by atoms with Gasteiger partial charge in [0.15, 0.2) is 0 Å². The Kier molecular flexibility index (Phi) is 6.63. The molecule has 1 fully saturated rings. The van der Waals surface area contributed by atoms with Crippen molar-refractivity contribution in [3.05, 3.63) is 70.4 Å². The number of ether oxygens (including phenoxy) is 1. The Morgan fingerprint density at radius 3 is 2.58 bits per heavy atom. The smallest absolute Gasteiger partial charge is 0.262 e. The number of likely N-dealkylation sites (tertiary alicyclic amines) is 1. The maximum Gasteiger partial charge on any atom is 0.262 e. The zero-order chi connectivity index (χ0) is 21.8. The molecule has 0 aliphatic carbocycles. The predicted octanol–water partition coefficient (Wildman–Crippen LogP) is 4.15. The minimum Gasteiger partial charge on any atom is -0.380 e. The largest absolute Gasteiger partial charge is 0.380 e. The minimum absolute atomic E-state index is 0.0738. The Morgan fingerprint density at radius 1 is 1.13 bits per heavy atom. The molecule has 7 heteroatoms. The molecule has 2 amide bonds. The normalized spacial score (nSPS) is 14.7. The van der Waals surface area contributed by atoms with Gasteiger partial charge in [-0.2, -0.15) is 0 Å². The second kappa shape index (κ2) is 9.58. The van der Waals surface area contributed by atoms with Crippen LogP contribution in [0.2, 0.25) is 0 Å². The molecule has 2 aromatic carbocycles. The third-order valence-corrected chi connectivity index (χ3v) is 6.76. The number of halogens is 1. The van der Waals surface area contributed by atoms with Crippen LogP contribution < -0.4 is 5.32 Å². The highest BCUT2D eigenvalue weighted by Gasteiger charge is 2.30. The fourth-order valence-corrected chi connectivity index (χ4v) is 5.19. The van der Waals surface area contributed by atoms with E-state index in [1.165, 1.54) is 24.5 Å². The molecule has 4 rings (SSSR count). The van der Waals surface area contributed by atoms with Crippen LogP contribution in [0.5, 0.6) is 0 Å². The van der Waals surface area contributed by atoms with Gasteiger partial charge in [-0.1, -0.05) is 36.4 Å². The Bertz CT molecular complexity index is 1080. The minimum atomic E-state index is -0.682. The molecule has 0 saturated carbocycles. The van der Waals surface area contributed by atoms with Gasteiger partial charge in [-0.15, -0.1) is 11.3 Å². The zero-order valence-corrected chi connectivity index (χ0v) is 18.2. The van der Waals surface area contributed by atoms with Gasteiger partial charge in [0.05, 0.1) is 11.5 Å². The number of fused-ring (bicyclic) bond motifs is 1. The predicted molar refractivity (Wildman–Crippen MR) is 120 cm³/mol. The van der Waals surface area contributed by atoms with Gasteiger partial charge in [-0.05, 0) is 30.5 Å². The van der Waals surface area contributed by atoms with Crippen LogP contribution in [0.15, 0.2) is 48.5 Å². The monoisotopic (exact) mass is 440 g/mol. The van der Waals surface area contributed by atoms with Crippen LogP contribution in [-0.2, 0) is 22.6 Å². The van der Waals surface area contributed by atoms with Gasteiger partial charge in [-0.3, -0.25) is 9.59 Å². The molecule has 31 heavy (non-hydrogen) atoms. The summed E-state index contributed by atoms with van der Waals surface area (Å²) < 4.78 is 20.4. The van der Waals surface area contributed by atoms with Crippen molar-refractivity contribution in [3.8, 4) is 0 Å². The number of hydrogen-bond acceptors (Lipinski definition) is 4. The molecule has 1 aromatic heterocycles. The summed E-state index contributed by atoms with van der Waals surface area (Å²) in [6.07, 6.45) is 2.36. The first kappa shape index (κ1) is 21.5. The first-order valence-electron chi connectivity index (χ1n) is 10.4. The summed E-state index contributed by atoms with van der Waals surface area (Å²) in [4.78, 5) is 28.7. The average molecular weight is 441 g/mol. The van der Waals surface area contributed by atoms with E-state index in [0.29, 0.717) is 40.0 Å². The maximum absolute atomic E-state index is 14.5. The van der Waals surface area contributed by atoms with Crippen LogP contribution >= 0.6 is 11.3 Å². The van der Waals surface area contributed by atoms with E-state index in [1.54, 1.807) is 12.1 Å². The lowest BCUT2D eigenvalue weighted by atomic mass is 10.0. The van der Waals surface area contributed by atoms with Crippen LogP contribution in [0.3, 0.4) is 0 Å². The maximum atomic E-state index is 14.5. The molecule has 5 nitrogen and oxygen atoms in total. The van der Waals surface area contributed by atoms with Gasteiger partial charge in [0.2, 0.25) is 5.91 Å². The second-order valence-corrected chi connectivity index (χ2v) is 8.76. The molecule has 0 radical (unpaired) electrons. The molecule has 2 heterocycles. The summed E-state index contributed by atoms with van der Waals surface area (Å²) in [7, 11) is 1.52. The van der Waals surface area contributed by atoms with E-state index in [-0.39, 0.29) is 24.2 Å². The molecule has 162 valence electrons. The van der Waals surface area contributed by atoms with Crippen molar-refractivity contribution in [3.63, 3.8) is 0 Å². The number of methoxy groups -OCH3 is 1. The number of carbonyl (C=O) groups excluding carboxylic acids is 2. The lowest BCUT2D eigenvalue weighted by Gasteiger charge is -2.24. The van der Waals surface area contributed by atoms with Crippen molar-refractivity contribution >= 4 is 33.2 Å². The van der Waals surface area contributed by atoms with Crippen molar-refractivity contribution < 1.29 is 18.7 Å². The van der Waals surface area contributed by atoms with Crippen LogP contribution in [0.25, 0.3) is 10.1 Å². The molecule has 0 spiro atoms. The van der Waals surface area contributed by atoms with Crippen molar-refractivity contribution in [2.24, 2.45) is 0 Å². The van der Waals surface area contributed by atoms with Gasteiger partial charge in [0.25, 0.3) is 5.91 Å². The van der Waals surface area contributed by atoms with E-state index in [4.69, 9.17) is 4.74 Å². The van der Waals surface area contributed by atoms with E-state index < -0.39 is 6.04 Å². The average Bonchev–Trinajstić information content (AvgIpc) is 3.43. The summed E-state index contributed by atoms with van der Waals surface area (Å²) in [5, 5.41) is 3.35. The lowest BCUT2D eigenvalue weighted by molar-refractivity contribution is -0.132. The number of rotatable bonds is 7. The van der Waals surface area contributed by atoms with E-state index in [2.05, 4.69) is 5.32 Å². The number of carbonyl (C=O) groups is 2. The van der Waals surface area contributed by atoms with Crippen LogP contribution in [0, 0.1) is 5.82 Å². The highest BCUT2D eigenvalue weighted by atomic mass is 32.1. The van der Waals surface area contributed by atoms with Gasteiger partial charge in [0.1, 0.15) is 11.9 Å². The molecule has 1 N–H and O–H groups in total. The van der Waals surface area contributed by atoms with Crippen molar-refractivity contribution in [2.45, 2.75) is 31.9 Å². The second-order valence-electron chi connectivity index (χ2n) is 7.70. The number of amides is 2. The molecular formula is C24H25FN2O3S. The van der Waals surface area contributed by atoms with Gasteiger partial charge in [-0.25, -0.2) is 4.39 Å². The molecule has 1 aliphatic rings. The lowest BCUT2D eigenvalue weighted by Crippen LogP contribution is -2.49. The first-order chi connectivity index (χ1) is 15.1. The standard InChI is InChI=1S/C24H25FN2O3S/c1-30-15-17-21-18(25)10-7-11-20(21)31-22(17)23(28)26-19(14-16-8-3-2-4-9-16)24(29)27-12-5-6-13-27/h2-4,7-11,19H,5-6,12-15H2,1H3,(H,26,28). The van der Waals surface area contributed by atoms with Gasteiger partial charge < -0.3 is 15.0 Å². The summed E-state index contributed by atoms with van der Waals surface area (Å²) >= 11 is 1.22. The molecular weight excluding hydrogens is 415 g/mol. The number of thiophene rings is 1.